The lowest BCUT2D eigenvalue weighted by Crippen LogP contribution is -1.97. The summed E-state index contributed by atoms with van der Waals surface area (Å²) in [7, 11) is 0. The second kappa shape index (κ2) is 5.05. The van der Waals surface area contributed by atoms with E-state index in [1.807, 2.05) is 23.6 Å². The molecule has 92 valence electrons. The van der Waals surface area contributed by atoms with Gasteiger partial charge in [0.2, 0.25) is 5.89 Å². The molecule has 0 amide bonds. The third-order valence-corrected chi connectivity index (χ3v) is 3.13. The van der Waals surface area contributed by atoms with E-state index >= 15 is 0 Å². The van der Waals surface area contributed by atoms with Crippen LogP contribution in [0.2, 0.25) is 0 Å². The zero-order valence-corrected chi connectivity index (χ0v) is 10.3. The Kier molecular flexibility index (Phi) is 3.10. The van der Waals surface area contributed by atoms with Crippen molar-refractivity contribution in [2.24, 2.45) is 0 Å². The molecule has 0 fully saturated rings. The van der Waals surface area contributed by atoms with Gasteiger partial charge in [-0.05, 0) is 34.5 Å². The summed E-state index contributed by atoms with van der Waals surface area (Å²) >= 11 is 1.66. The molecule has 3 heterocycles. The minimum atomic E-state index is 0.414. The van der Waals surface area contributed by atoms with Crippen LogP contribution in [-0.2, 0) is 13.0 Å². The van der Waals surface area contributed by atoms with Crippen LogP contribution in [0, 0.1) is 0 Å². The number of hydrogen-bond donors (Lipinski definition) is 1. The first kappa shape index (κ1) is 11.0. The van der Waals surface area contributed by atoms with Crippen molar-refractivity contribution in [2.45, 2.75) is 13.0 Å². The van der Waals surface area contributed by atoms with Gasteiger partial charge in [-0.25, -0.2) is 0 Å². The summed E-state index contributed by atoms with van der Waals surface area (Å²) in [5.74, 6) is 1.43. The zero-order valence-electron chi connectivity index (χ0n) is 9.50. The Labute approximate surface area is 107 Å². The predicted molar refractivity (Wildman–Crippen MR) is 67.5 cm³/mol. The molecule has 0 aliphatic carbocycles. The topological polar surface area (TPSA) is 64.1 Å². The van der Waals surface area contributed by atoms with E-state index in [1.165, 1.54) is 5.56 Å². The zero-order chi connectivity index (χ0) is 12.2. The van der Waals surface area contributed by atoms with Gasteiger partial charge in [0.05, 0.1) is 19.2 Å². The lowest BCUT2D eigenvalue weighted by Gasteiger charge is -1.96. The van der Waals surface area contributed by atoms with Crippen LogP contribution in [0.1, 0.15) is 17.2 Å². The molecule has 6 heteroatoms. The first-order chi connectivity index (χ1) is 8.90. The van der Waals surface area contributed by atoms with Crippen molar-refractivity contribution in [1.82, 2.24) is 10.2 Å². The van der Waals surface area contributed by atoms with Crippen LogP contribution in [0.15, 0.2) is 44.1 Å². The third-order valence-electron chi connectivity index (χ3n) is 2.40. The van der Waals surface area contributed by atoms with Gasteiger partial charge in [-0.1, -0.05) is 5.10 Å². The molecule has 0 atom stereocenters. The summed E-state index contributed by atoms with van der Waals surface area (Å²) in [6.45, 7) is 0.535. The van der Waals surface area contributed by atoms with E-state index < -0.39 is 0 Å². The molecule has 0 spiro atoms. The summed E-state index contributed by atoms with van der Waals surface area (Å²) in [6, 6.07) is 6.18. The lowest BCUT2D eigenvalue weighted by atomic mass is 10.2. The number of thiophene rings is 1. The van der Waals surface area contributed by atoms with Crippen molar-refractivity contribution >= 4 is 17.4 Å². The van der Waals surface area contributed by atoms with Crippen molar-refractivity contribution < 1.29 is 8.83 Å². The number of rotatable bonds is 5. The maximum absolute atomic E-state index is 5.48. The minimum absolute atomic E-state index is 0.414. The summed E-state index contributed by atoms with van der Waals surface area (Å²) in [5.41, 5.74) is 1.18. The molecule has 0 saturated heterocycles. The van der Waals surface area contributed by atoms with Crippen LogP contribution in [0.25, 0.3) is 0 Å². The smallest absolute Gasteiger partial charge is 0.315 e. The second-order valence-electron chi connectivity index (χ2n) is 3.74. The molecular formula is C12H11N3O2S. The van der Waals surface area contributed by atoms with Gasteiger partial charge in [0.25, 0.3) is 0 Å². The van der Waals surface area contributed by atoms with Crippen LogP contribution in [0.3, 0.4) is 0 Å². The maximum Gasteiger partial charge on any atom is 0.315 e. The normalized spacial score (nSPS) is 10.7. The Morgan fingerprint density at radius 3 is 3.06 bits per heavy atom. The molecule has 5 nitrogen and oxygen atoms in total. The Hall–Kier alpha value is -2.08. The molecule has 0 radical (unpaired) electrons. The quantitative estimate of drug-likeness (QED) is 0.765. The highest BCUT2D eigenvalue weighted by Gasteiger charge is 2.07. The Bertz CT molecular complexity index is 587. The highest BCUT2D eigenvalue weighted by molar-refractivity contribution is 7.07. The number of nitrogens with zero attached hydrogens (tertiary/aromatic N) is 2. The molecule has 1 N–H and O–H groups in total. The van der Waals surface area contributed by atoms with Crippen LogP contribution in [0.4, 0.5) is 6.01 Å². The summed E-state index contributed by atoms with van der Waals surface area (Å²) in [5, 5.41) is 15.0. The molecule has 3 aromatic rings. The predicted octanol–water partition coefficient (Wildman–Crippen LogP) is 2.93. The van der Waals surface area contributed by atoms with Gasteiger partial charge < -0.3 is 14.2 Å². The maximum atomic E-state index is 5.48. The van der Waals surface area contributed by atoms with Gasteiger partial charge in [-0.3, -0.25) is 0 Å². The molecule has 0 aliphatic heterocycles. The Morgan fingerprint density at radius 1 is 1.28 bits per heavy atom. The lowest BCUT2D eigenvalue weighted by molar-refractivity contribution is 0.497. The third kappa shape index (κ3) is 2.60. The molecule has 0 bridgehead atoms. The van der Waals surface area contributed by atoms with Crippen molar-refractivity contribution in [3.8, 4) is 0 Å². The van der Waals surface area contributed by atoms with Crippen molar-refractivity contribution in [1.29, 1.82) is 0 Å². The molecule has 0 aromatic carbocycles. The average molecular weight is 261 g/mol. The number of nitrogens with one attached hydrogen (secondary N) is 1. The van der Waals surface area contributed by atoms with Crippen LogP contribution in [-0.4, -0.2) is 10.2 Å². The van der Waals surface area contributed by atoms with Crippen LogP contribution < -0.4 is 5.32 Å². The number of aromatic nitrogens is 2. The first-order valence-electron chi connectivity index (χ1n) is 5.50. The van der Waals surface area contributed by atoms with Gasteiger partial charge >= 0.3 is 6.01 Å². The van der Waals surface area contributed by atoms with Gasteiger partial charge in [0, 0.05) is 0 Å². The Balaban J connectivity index is 1.59. The molecule has 0 unspecified atom stereocenters. The molecule has 3 rings (SSSR count). The standard InChI is InChI=1S/C12H11N3O2S/c1-2-10(16-4-1)7-13-12-15-14-11(17-12)6-9-3-5-18-8-9/h1-5,8H,6-7H2,(H,13,15). The molecule has 18 heavy (non-hydrogen) atoms. The number of anilines is 1. The molecule has 3 aromatic heterocycles. The summed E-state index contributed by atoms with van der Waals surface area (Å²) < 4.78 is 10.7. The minimum Gasteiger partial charge on any atom is -0.467 e. The molecule has 0 saturated carbocycles. The van der Waals surface area contributed by atoms with E-state index in [-0.39, 0.29) is 0 Å². The van der Waals surface area contributed by atoms with E-state index in [9.17, 15) is 0 Å². The highest BCUT2D eigenvalue weighted by Crippen LogP contribution is 2.14. The molecular weight excluding hydrogens is 250 g/mol. The summed E-state index contributed by atoms with van der Waals surface area (Å²) in [4.78, 5) is 0. The monoisotopic (exact) mass is 261 g/mol. The fourth-order valence-electron chi connectivity index (χ4n) is 1.54. The fourth-order valence-corrected chi connectivity index (χ4v) is 2.21. The van der Waals surface area contributed by atoms with E-state index in [0.717, 1.165) is 5.76 Å². The average Bonchev–Trinajstić information content (AvgIpc) is 3.09. The number of hydrogen-bond acceptors (Lipinski definition) is 6. The van der Waals surface area contributed by atoms with Gasteiger partial charge in [-0.2, -0.15) is 11.3 Å². The van der Waals surface area contributed by atoms with E-state index in [4.69, 9.17) is 8.83 Å². The van der Waals surface area contributed by atoms with E-state index in [2.05, 4.69) is 20.9 Å². The highest BCUT2D eigenvalue weighted by atomic mass is 32.1. The SMILES string of the molecule is c1coc(CNc2nnc(Cc3ccsc3)o2)c1. The van der Waals surface area contributed by atoms with Crippen molar-refractivity contribution in [3.05, 3.63) is 52.4 Å². The van der Waals surface area contributed by atoms with Crippen LogP contribution >= 0.6 is 11.3 Å². The van der Waals surface area contributed by atoms with E-state index in [1.54, 1.807) is 17.6 Å². The van der Waals surface area contributed by atoms with Crippen molar-refractivity contribution in [3.63, 3.8) is 0 Å². The van der Waals surface area contributed by atoms with Gasteiger partial charge in [0.1, 0.15) is 5.76 Å². The van der Waals surface area contributed by atoms with Gasteiger partial charge in [0.15, 0.2) is 0 Å². The fraction of sp³-hybridized carbons (Fsp3) is 0.167. The number of furan rings is 1. The van der Waals surface area contributed by atoms with Crippen LogP contribution in [0.5, 0.6) is 0 Å². The second-order valence-corrected chi connectivity index (χ2v) is 4.52. The van der Waals surface area contributed by atoms with Crippen molar-refractivity contribution in [2.75, 3.05) is 5.32 Å². The molecule has 0 aliphatic rings. The van der Waals surface area contributed by atoms with Gasteiger partial charge in [-0.15, -0.1) is 5.10 Å². The largest absolute Gasteiger partial charge is 0.467 e. The first-order valence-corrected chi connectivity index (χ1v) is 6.44. The van der Waals surface area contributed by atoms with E-state index in [0.29, 0.717) is 24.9 Å². The summed E-state index contributed by atoms with van der Waals surface area (Å²) in [6.07, 6.45) is 2.30. The Morgan fingerprint density at radius 2 is 2.28 bits per heavy atom.